The van der Waals surface area contributed by atoms with Gasteiger partial charge in [-0.25, -0.2) is 9.59 Å². The van der Waals surface area contributed by atoms with Crippen LogP contribution in [0.2, 0.25) is 0 Å². The third-order valence-electron chi connectivity index (χ3n) is 3.40. The van der Waals surface area contributed by atoms with Crippen LogP contribution in [0.4, 0.5) is 0 Å². The van der Waals surface area contributed by atoms with Crippen LogP contribution in [-0.2, 0) is 11.2 Å². The molecule has 1 atom stereocenters. The number of phenolic OH excluding ortho intramolecular Hbond substituents is 1. The minimum Gasteiger partial charge on any atom is -0.508 e. The van der Waals surface area contributed by atoms with Crippen molar-refractivity contribution in [2.24, 2.45) is 0 Å². The molecule has 0 fully saturated rings. The maximum Gasteiger partial charge on any atom is 0.335 e. The predicted octanol–water partition coefficient (Wildman–Crippen LogP) is 1.52. The highest BCUT2D eigenvalue weighted by molar-refractivity contribution is 5.96. The van der Waals surface area contributed by atoms with Crippen molar-refractivity contribution < 1.29 is 29.7 Å². The summed E-state index contributed by atoms with van der Waals surface area (Å²) >= 11 is 0. The lowest BCUT2D eigenvalue weighted by molar-refractivity contribution is -0.139. The van der Waals surface area contributed by atoms with E-state index in [0.29, 0.717) is 5.56 Å². The molecule has 0 saturated heterocycles. The SMILES string of the molecule is O=C(O)c1ccc(CC(NC(=O)c2ccccc2)C(=O)O)c(O)c1. The average molecular weight is 329 g/mol. The van der Waals surface area contributed by atoms with Crippen LogP contribution in [0.25, 0.3) is 0 Å². The highest BCUT2D eigenvalue weighted by atomic mass is 16.4. The number of rotatable bonds is 6. The molecular formula is C17H15NO6. The second kappa shape index (κ2) is 7.28. The summed E-state index contributed by atoms with van der Waals surface area (Å²) in [5.74, 6) is -3.36. The maximum atomic E-state index is 12.1. The Bertz CT molecular complexity index is 772. The van der Waals surface area contributed by atoms with Crippen LogP contribution in [0.15, 0.2) is 48.5 Å². The monoisotopic (exact) mass is 329 g/mol. The van der Waals surface area contributed by atoms with Crippen LogP contribution >= 0.6 is 0 Å². The zero-order chi connectivity index (χ0) is 17.7. The molecule has 0 saturated carbocycles. The largest absolute Gasteiger partial charge is 0.508 e. The van der Waals surface area contributed by atoms with Gasteiger partial charge in [0.2, 0.25) is 0 Å². The normalized spacial score (nSPS) is 11.5. The van der Waals surface area contributed by atoms with Gasteiger partial charge in [-0.1, -0.05) is 24.3 Å². The summed E-state index contributed by atoms with van der Waals surface area (Å²) in [6.45, 7) is 0. The summed E-state index contributed by atoms with van der Waals surface area (Å²) in [5.41, 5.74) is 0.423. The molecule has 0 aromatic heterocycles. The first-order chi connectivity index (χ1) is 11.4. The van der Waals surface area contributed by atoms with Crippen molar-refractivity contribution in [1.82, 2.24) is 5.32 Å². The first-order valence-electron chi connectivity index (χ1n) is 7.02. The van der Waals surface area contributed by atoms with Gasteiger partial charge in [-0.2, -0.15) is 0 Å². The number of benzene rings is 2. The minimum atomic E-state index is -1.26. The Morgan fingerprint density at radius 1 is 0.958 bits per heavy atom. The Balaban J connectivity index is 2.16. The van der Waals surface area contributed by atoms with Crippen LogP contribution < -0.4 is 5.32 Å². The van der Waals surface area contributed by atoms with Crippen molar-refractivity contribution in [1.29, 1.82) is 0 Å². The number of amides is 1. The predicted molar refractivity (Wildman–Crippen MR) is 84.1 cm³/mol. The van der Waals surface area contributed by atoms with Crippen molar-refractivity contribution in [3.05, 3.63) is 65.2 Å². The van der Waals surface area contributed by atoms with E-state index >= 15 is 0 Å². The molecule has 2 aromatic rings. The number of carboxylic acid groups (broad SMARTS) is 2. The van der Waals surface area contributed by atoms with E-state index < -0.39 is 23.9 Å². The number of carbonyl (C=O) groups excluding carboxylic acids is 1. The summed E-state index contributed by atoms with van der Waals surface area (Å²) in [4.78, 5) is 34.3. The molecule has 0 bridgehead atoms. The Morgan fingerprint density at radius 3 is 2.17 bits per heavy atom. The molecule has 2 rings (SSSR count). The number of aliphatic carboxylic acids is 1. The number of carbonyl (C=O) groups is 3. The fourth-order valence-corrected chi connectivity index (χ4v) is 2.12. The number of nitrogens with one attached hydrogen (secondary N) is 1. The van der Waals surface area contributed by atoms with Crippen molar-refractivity contribution >= 4 is 17.8 Å². The van der Waals surface area contributed by atoms with Gasteiger partial charge < -0.3 is 20.6 Å². The minimum absolute atomic E-state index is 0.114. The number of aromatic carboxylic acids is 1. The first kappa shape index (κ1) is 17.0. The van der Waals surface area contributed by atoms with Crippen molar-refractivity contribution in [2.45, 2.75) is 12.5 Å². The summed E-state index contributed by atoms with van der Waals surface area (Å²) in [7, 11) is 0. The molecular weight excluding hydrogens is 314 g/mol. The van der Waals surface area contributed by atoms with E-state index in [0.717, 1.165) is 6.07 Å². The molecule has 0 spiro atoms. The van der Waals surface area contributed by atoms with E-state index in [1.165, 1.54) is 12.1 Å². The van der Waals surface area contributed by atoms with Crippen LogP contribution in [0, 0.1) is 0 Å². The van der Waals surface area contributed by atoms with Gasteiger partial charge in [-0.3, -0.25) is 4.79 Å². The van der Waals surface area contributed by atoms with Gasteiger partial charge in [0.1, 0.15) is 11.8 Å². The molecule has 0 aliphatic rings. The Hall–Kier alpha value is -3.35. The molecule has 2 aromatic carbocycles. The van der Waals surface area contributed by atoms with Gasteiger partial charge in [0.05, 0.1) is 5.56 Å². The van der Waals surface area contributed by atoms with E-state index in [9.17, 15) is 24.6 Å². The quantitative estimate of drug-likeness (QED) is 0.637. The number of hydrogen-bond acceptors (Lipinski definition) is 4. The molecule has 0 radical (unpaired) electrons. The van der Waals surface area contributed by atoms with E-state index in [1.807, 2.05) is 0 Å². The Labute approximate surface area is 137 Å². The van der Waals surface area contributed by atoms with Crippen LogP contribution in [0.3, 0.4) is 0 Å². The van der Waals surface area contributed by atoms with Crippen molar-refractivity contribution in [3.8, 4) is 5.75 Å². The van der Waals surface area contributed by atoms with Crippen LogP contribution in [-0.4, -0.2) is 39.2 Å². The second-order valence-corrected chi connectivity index (χ2v) is 5.08. The molecule has 1 amide bonds. The molecule has 124 valence electrons. The van der Waals surface area contributed by atoms with E-state index in [-0.39, 0.29) is 23.3 Å². The fraction of sp³-hybridized carbons (Fsp3) is 0.118. The van der Waals surface area contributed by atoms with Gasteiger partial charge in [0.25, 0.3) is 5.91 Å². The molecule has 0 aliphatic heterocycles. The average Bonchev–Trinajstić information content (AvgIpc) is 2.56. The molecule has 4 N–H and O–H groups in total. The van der Waals surface area contributed by atoms with Gasteiger partial charge in [-0.05, 0) is 29.8 Å². The second-order valence-electron chi connectivity index (χ2n) is 5.08. The van der Waals surface area contributed by atoms with E-state index in [2.05, 4.69) is 5.32 Å². The standard InChI is InChI=1S/C17H15NO6/c19-14-9-12(16(21)22)7-6-11(14)8-13(17(23)24)18-15(20)10-4-2-1-3-5-10/h1-7,9,13,19H,8H2,(H,18,20)(H,21,22)(H,23,24). The Morgan fingerprint density at radius 2 is 1.62 bits per heavy atom. The molecule has 7 heteroatoms. The fourth-order valence-electron chi connectivity index (χ4n) is 2.12. The Kier molecular flexibility index (Phi) is 5.16. The van der Waals surface area contributed by atoms with Crippen molar-refractivity contribution in [3.63, 3.8) is 0 Å². The number of hydrogen-bond donors (Lipinski definition) is 4. The third-order valence-corrected chi connectivity index (χ3v) is 3.40. The highest BCUT2D eigenvalue weighted by Gasteiger charge is 2.22. The summed E-state index contributed by atoms with van der Waals surface area (Å²) < 4.78 is 0. The lowest BCUT2D eigenvalue weighted by Crippen LogP contribution is -2.42. The third kappa shape index (κ3) is 4.10. The summed E-state index contributed by atoms with van der Waals surface area (Å²) in [6, 6.07) is 10.5. The molecule has 24 heavy (non-hydrogen) atoms. The number of phenols is 1. The molecule has 1 unspecified atom stereocenters. The molecule has 0 heterocycles. The van der Waals surface area contributed by atoms with Gasteiger partial charge in [-0.15, -0.1) is 0 Å². The van der Waals surface area contributed by atoms with Gasteiger partial charge >= 0.3 is 11.9 Å². The molecule has 0 aliphatic carbocycles. The van der Waals surface area contributed by atoms with Crippen molar-refractivity contribution in [2.75, 3.05) is 0 Å². The lowest BCUT2D eigenvalue weighted by atomic mass is 10.0. The number of aromatic hydroxyl groups is 1. The van der Waals surface area contributed by atoms with E-state index in [1.54, 1.807) is 30.3 Å². The van der Waals surface area contributed by atoms with Gasteiger partial charge in [0, 0.05) is 12.0 Å². The first-order valence-corrected chi connectivity index (χ1v) is 7.02. The zero-order valence-corrected chi connectivity index (χ0v) is 12.5. The van der Waals surface area contributed by atoms with Gasteiger partial charge in [0.15, 0.2) is 0 Å². The summed E-state index contributed by atoms with van der Waals surface area (Å²) in [5, 5.41) is 30.4. The van der Waals surface area contributed by atoms with E-state index in [4.69, 9.17) is 5.11 Å². The zero-order valence-electron chi connectivity index (χ0n) is 12.5. The maximum absolute atomic E-state index is 12.1. The summed E-state index contributed by atoms with van der Waals surface area (Å²) in [6.07, 6.45) is -0.181. The number of carboxylic acids is 2. The lowest BCUT2D eigenvalue weighted by Gasteiger charge is -2.15. The topological polar surface area (TPSA) is 124 Å². The smallest absolute Gasteiger partial charge is 0.335 e. The highest BCUT2D eigenvalue weighted by Crippen LogP contribution is 2.20. The molecule has 7 nitrogen and oxygen atoms in total. The van der Waals surface area contributed by atoms with Crippen LogP contribution in [0.5, 0.6) is 5.75 Å². The van der Waals surface area contributed by atoms with Crippen LogP contribution in [0.1, 0.15) is 26.3 Å².